The number of hydrogen-bond donors (Lipinski definition) is 1. The first-order chi connectivity index (χ1) is 8.21. The van der Waals surface area contributed by atoms with E-state index in [2.05, 4.69) is 26.2 Å². The molecule has 0 bridgehead atoms. The summed E-state index contributed by atoms with van der Waals surface area (Å²) in [6, 6.07) is 1.87. The van der Waals surface area contributed by atoms with E-state index in [1.165, 1.54) is 0 Å². The van der Waals surface area contributed by atoms with Crippen molar-refractivity contribution in [1.29, 1.82) is 0 Å². The van der Waals surface area contributed by atoms with E-state index in [0.29, 0.717) is 5.75 Å². The first-order valence-electron chi connectivity index (χ1n) is 5.16. The number of methoxy groups -OCH3 is 2. The SMILES string of the molecule is CCNc1nc2c(Br)cc(OC)c(OC)c2s1. The Bertz CT molecular complexity index is 542. The van der Waals surface area contributed by atoms with Crippen molar-refractivity contribution in [3.05, 3.63) is 10.5 Å². The summed E-state index contributed by atoms with van der Waals surface area (Å²) in [6.45, 7) is 2.88. The monoisotopic (exact) mass is 316 g/mol. The number of nitrogens with one attached hydrogen (secondary N) is 1. The molecule has 0 unspecified atom stereocenters. The molecule has 1 N–H and O–H groups in total. The number of rotatable bonds is 4. The molecule has 4 nitrogen and oxygen atoms in total. The van der Waals surface area contributed by atoms with Gasteiger partial charge in [-0.25, -0.2) is 4.98 Å². The lowest BCUT2D eigenvalue weighted by atomic mass is 10.3. The molecule has 6 heteroatoms. The average Bonchev–Trinajstić information content (AvgIpc) is 2.73. The number of nitrogens with zero attached hydrogens (tertiary/aromatic N) is 1. The quantitative estimate of drug-likeness (QED) is 0.937. The average molecular weight is 317 g/mol. The minimum atomic E-state index is 0.707. The maximum Gasteiger partial charge on any atom is 0.183 e. The molecule has 0 aliphatic carbocycles. The second kappa shape index (κ2) is 5.10. The Morgan fingerprint density at radius 3 is 2.76 bits per heavy atom. The molecule has 0 atom stereocenters. The molecule has 0 amide bonds. The lowest BCUT2D eigenvalue weighted by Crippen LogP contribution is -1.94. The standard InChI is InChI=1S/C11H13BrN2O2S/c1-4-13-11-14-8-6(12)5-7(15-2)9(16-3)10(8)17-11/h5H,4H2,1-3H3,(H,13,14). The second-order valence-corrected chi connectivity index (χ2v) is 5.17. The molecular formula is C11H13BrN2O2S. The number of thiazole rings is 1. The van der Waals surface area contributed by atoms with Crippen molar-refractivity contribution in [2.75, 3.05) is 26.1 Å². The van der Waals surface area contributed by atoms with Crippen LogP contribution in [0.3, 0.4) is 0 Å². The highest BCUT2D eigenvalue weighted by Gasteiger charge is 2.16. The molecule has 2 rings (SSSR count). The molecule has 0 saturated carbocycles. The lowest BCUT2D eigenvalue weighted by molar-refractivity contribution is 0.359. The Kier molecular flexibility index (Phi) is 3.73. The van der Waals surface area contributed by atoms with Gasteiger partial charge in [-0.2, -0.15) is 0 Å². The zero-order valence-corrected chi connectivity index (χ0v) is 12.2. The summed E-state index contributed by atoms with van der Waals surface area (Å²) >= 11 is 5.06. The van der Waals surface area contributed by atoms with Crippen LogP contribution in [0.5, 0.6) is 11.5 Å². The van der Waals surface area contributed by atoms with Gasteiger partial charge in [0.1, 0.15) is 10.2 Å². The van der Waals surface area contributed by atoms with Gasteiger partial charge >= 0.3 is 0 Å². The molecule has 1 aromatic carbocycles. The maximum atomic E-state index is 5.39. The zero-order valence-electron chi connectivity index (χ0n) is 9.83. The van der Waals surface area contributed by atoms with Crippen molar-refractivity contribution in [3.8, 4) is 11.5 Å². The third-order valence-electron chi connectivity index (χ3n) is 2.29. The Balaban J connectivity index is 2.68. The van der Waals surface area contributed by atoms with E-state index >= 15 is 0 Å². The van der Waals surface area contributed by atoms with Crippen molar-refractivity contribution in [2.45, 2.75) is 6.92 Å². The molecular weight excluding hydrogens is 304 g/mol. The van der Waals surface area contributed by atoms with E-state index in [4.69, 9.17) is 9.47 Å². The molecule has 0 saturated heterocycles. The number of aromatic nitrogens is 1. The molecule has 0 spiro atoms. The number of hydrogen-bond acceptors (Lipinski definition) is 5. The Labute approximate surface area is 112 Å². The van der Waals surface area contributed by atoms with Gasteiger partial charge in [-0.3, -0.25) is 0 Å². The number of fused-ring (bicyclic) bond motifs is 1. The molecule has 2 aromatic rings. The normalized spacial score (nSPS) is 10.6. The number of halogens is 1. The second-order valence-electron chi connectivity index (χ2n) is 3.32. The maximum absolute atomic E-state index is 5.39. The predicted octanol–water partition coefficient (Wildman–Crippen LogP) is 3.51. The van der Waals surface area contributed by atoms with Crippen molar-refractivity contribution >= 4 is 42.6 Å². The Morgan fingerprint density at radius 2 is 2.18 bits per heavy atom. The van der Waals surface area contributed by atoms with E-state index in [1.807, 2.05) is 13.0 Å². The van der Waals surface area contributed by atoms with E-state index in [-0.39, 0.29) is 0 Å². The summed E-state index contributed by atoms with van der Waals surface area (Å²) in [5, 5.41) is 4.09. The molecule has 17 heavy (non-hydrogen) atoms. The summed E-state index contributed by atoms with van der Waals surface area (Å²) in [4.78, 5) is 4.51. The fourth-order valence-corrected chi connectivity index (χ4v) is 3.27. The van der Waals surface area contributed by atoms with Gasteiger partial charge in [0.2, 0.25) is 0 Å². The summed E-state index contributed by atoms with van der Waals surface area (Å²) in [7, 11) is 3.26. The van der Waals surface area contributed by atoms with Gasteiger partial charge in [-0.05, 0) is 22.9 Å². The molecule has 0 fully saturated rings. The molecule has 0 aliphatic rings. The van der Waals surface area contributed by atoms with E-state index in [9.17, 15) is 0 Å². The third-order valence-corrected chi connectivity index (χ3v) is 3.91. The van der Waals surface area contributed by atoms with Crippen LogP contribution in [0.25, 0.3) is 10.2 Å². The largest absolute Gasteiger partial charge is 0.493 e. The van der Waals surface area contributed by atoms with Crippen molar-refractivity contribution in [2.24, 2.45) is 0 Å². The molecule has 0 radical (unpaired) electrons. The van der Waals surface area contributed by atoms with Crippen molar-refractivity contribution < 1.29 is 9.47 Å². The van der Waals surface area contributed by atoms with Crippen LogP contribution in [0.15, 0.2) is 10.5 Å². The van der Waals surface area contributed by atoms with Gasteiger partial charge in [-0.1, -0.05) is 11.3 Å². The fraction of sp³-hybridized carbons (Fsp3) is 0.364. The van der Waals surface area contributed by atoms with Gasteiger partial charge < -0.3 is 14.8 Å². The predicted molar refractivity (Wildman–Crippen MR) is 74.6 cm³/mol. The van der Waals surface area contributed by atoms with Crippen molar-refractivity contribution in [3.63, 3.8) is 0 Å². The van der Waals surface area contributed by atoms with Gasteiger partial charge in [0.05, 0.1) is 14.2 Å². The molecule has 1 aromatic heterocycles. The highest BCUT2D eigenvalue weighted by molar-refractivity contribution is 9.10. The number of anilines is 1. The van der Waals surface area contributed by atoms with E-state index in [1.54, 1.807) is 25.6 Å². The summed E-state index contributed by atoms with van der Waals surface area (Å²) < 4.78 is 12.6. The highest BCUT2D eigenvalue weighted by Crippen LogP contribution is 2.43. The van der Waals surface area contributed by atoms with Crippen LogP contribution in [0.1, 0.15) is 6.92 Å². The summed E-state index contributed by atoms with van der Waals surface area (Å²) in [5.74, 6) is 1.44. The minimum Gasteiger partial charge on any atom is -0.493 e. The molecule has 92 valence electrons. The van der Waals surface area contributed by atoms with E-state index in [0.717, 1.165) is 32.1 Å². The Hall–Kier alpha value is -1.01. The van der Waals surface area contributed by atoms with Gasteiger partial charge in [-0.15, -0.1) is 0 Å². The van der Waals surface area contributed by atoms with Crippen LogP contribution in [0.2, 0.25) is 0 Å². The van der Waals surface area contributed by atoms with Gasteiger partial charge in [0.25, 0.3) is 0 Å². The lowest BCUT2D eigenvalue weighted by Gasteiger charge is -2.08. The molecule has 1 heterocycles. The van der Waals surface area contributed by atoms with Crippen LogP contribution in [-0.2, 0) is 0 Å². The van der Waals surface area contributed by atoms with Crippen LogP contribution in [0.4, 0.5) is 5.13 Å². The first-order valence-corrected chi connectivity index (χ1v) is 6.77. The summed E-state index contributed by atoms with van der Waals surface area (Å²) in [6.07, 6.45) is 0. The van der Waals surface area contributed by atoms with Crippen LogP contribution in [-0.4, -0.2) is 25.7 Å². The zero-order chi connectivity index (χ0) is 12.4. The highest BCUT2D eigenvalue weighted by atomic mass is 79.9. The fourth-order valence-electron chi connectivity index (χ4n) is 1.57. The summed E-state index contributed by atoms with van der Waals surface area (Å²) in [5.41, 5.74) is 0.892. The third kappa shape index (κ3) is 2.19. The Morgan fingerprint density at radius 1 is 1.41 bits per heavy atom. The van der Waals surface area contributed by atoms with Gasteiger partial charge in [0, 0.05) is 17.1 Å². The minimum absolute atomic E-state index is 0.707. The smallest absolute Gasteiger partial charge is 0.183 e. The van der Waals surface area contributed by atoms with Gasteiger partial charge in [0.15, 0.2) is 16.6 Å². The number of benzene rings is 1. The molecule has 0 aliphatic heterocycles. The van der Waals surface area contributed by atoms with Crippen LogP contribution >= 0.6 is 27.3 Å². The topological polar surface area (TPSA) is 43.4 Å². The van der Waals surface area contributed by atoms with E-state index < -0.39 is 0 Å². The first kappa shape index (κ1) is 12.4. The van der Waals surface area contributed by atoms with Crippen molar-refractivity contribution in [1.82, 2.24) is 4.98 Å². The number of ether oxygens (including phenoxy) is 2. The van der Waals surface area contributed by atoms with Crippen LogP contribution in [0, 0.1) is 0 Å². The van der Waals surface area contributed by atoms with Crippen LogP contribution < -0.4 is 14.8 Å².